The first-order valence-electron chi connectivity index (χ1n) is 6.65. The molecule has 1 aliphatic heterocycles. The number of rotatable bonds is 4. The van der Waals surface area contributed by atoms with Crippen molar-refractivity contribution in [2.75, 3.05) is 19.6 Å². The molecule has 0 aromatic heterocycles. The second-order valence-electron chi connectivity index (χ2n) is 5.65. The maximum Gasteiger partial charge on any atom is 0.0233 e. The molecule has 1 fully saturated rings. The number of benzene rings is 1. The van der Waals surface area contributed by atoms with Gasteiger partial charge in [-0.15, -0.1) is 12.4 Å². The Morgan fingerprint density at radius 2 is 1.83 bits per heavy atom. The number of likely N-dealkylation sites (tertiary alicyclic amines) is 1. The fourth-order valence-electron chi connectivity index (χ4n) is 2.57. The van der Waals surface area contributed by atoms with Crippen LogP contribution in [0.25, 0.3) is 0 Å². The predicted molar refractivity (Wildman–Crippen MR) is 80.1 cm³/mol. The number of aryl methyl sites for hydroxylation is 1. The predicted octanol–water partition coefficient (Wildman–Crippen LogP) is 2.84. The number of nitrogens with two attached hydrogens (primary N) is 1. The average Bonchev–Trinajstić information content (AvgIpc) is 2.73. The minimum Gasteiger partial charge on any atom is -0.330 e. The zero-order valence-electron chi connectivity index (χ0n) is 11.5. The molecule has 1 aromatic carbocycles. The van der Waals surface area contributed by atoms with Crippen LogP contribution in [0, 0.1) is 5.41 Å². The van der Waals surface area contributed by atoms with Crippen molar-refractivity contribution in [1.29, 1.82) is 0 Å². The standard InChI is InChI=1S/C15H24N2.ClH/c1-3-13-4-6-14(7-5-13)10-17-9-8-15(2,11-16)12-17;/h4-7H,3,8-12,16H2,1-2H3;1H. The zero-order valence-corrected chi connectivity index (χ0v) is 12.3. The second-order valence-corrected chi connectivity index (χ2v) is 5.65. The van der Waals surface area contributed by atoms with Crippen LogP contribution in [0.3, 0.4) is 0 Å². The van der Waals surface area contributed by atoms with Crippen LogP contribution < -0.4 is 5.73 Å². The van der Waals surface area contributed by atoms with Crippen LogP contribution in [0.5, 0.6) is 0 Å². The van der Waals surface area contributed by atoms with E-state index in [2.05, 4.69) is 43.0 Å². The molecule has 1 unspecified atom stereocenters. The molecule has 1 aromatic rings. The third-order valence-electron chi connectivity index (χ3n) is 3.97. The summed E-state index contributed by atoms with van der Waals surface area (Å²) >= 11 is 0. The van der Waals surface area contributed by atoms with Gasteiger partial charge in [0.2, 0.25) is 0 Å². The molecule has 2 rings (SSSR count). The van der Waals surface area contributed by atoms with Crippen molar-refractivity contribution in [3.8, 4) is 0 Å². The van der Waals surface area contributed by atoms with Crippen LogP contribution in [0.1, 0.15) is 31.4 Å². The van der Waals surface area contributed by atoms with E-state index in [4.69, 9.17) is 5.73 Å². The highest BCUT2D eigenvalue weighted by atomic mass is 35.5. The summed E-state index contributed by atoms with van der Waals surface area (Å²) in [4.78, 5) is 2.52. The summed E-state index contributed by atoms with van der Waals surface area (Å²) in [7, 11) is 0. The molecule has 2 N–H and O–H groups in total. The Morgan fingerprint density at radius 3 is 2.33 bits per heavy atom. The zero-order chi connectivity index (χ0) is 12.3. The first-order valence-corrected chi connectivity index (χ1v) is 6.65. The van der Waals surface area contributed by atoms with E-state index in [9.17, 15) is 0 Å². The largest absolute Gasteiger partial charge is 0.330 e. The topological polar surface area (TPSA) is 29.3 Å². The van der Waals surface area contributed by atoms with Crippen LogP contribution in [0.15, 0.2) is 24.3 Å². The quantitative estimate of drug-likeness (QED) is 0.910. The van der Waals surface area contributed by atoms with Gasteiger partial charge in [-0.05, 0) is 42.5 Å². The Morgan fingerprint density at radius 1 is 1.22 bits per heavy atom. The van der Waals surface area contributed by atoms with Gasteiger partial charge < -0.3 is 5.73 Å². The molecule has 0 bridgehead atoms. The van der Waals surface area contributed by atoms with Crippen LogP contribution in [-0.2, 0) is 13.0 Å². The van der Waals surface area contributed by atoms with E-state index in [0.29, 0.717) is 5.41 Å². The van der Waals surface area contributed by atoms with E-state index in [-0.39, 0.29) is 12.4 Å². The molecule has 0 radical (unpaired) electrons. The molecule has 0 amide bonds. The van der Waals surface area contributed by atoms with E-state index < -0.39 is 0 Å². The lowest BCUT2D eigenvalue weighted by Gasteiger charge is -2.22. The van der Waals surface area contributed by atoms with Crippen molar-refractivity contribution < 1.29 is 0 Å². The fourth-order valence-corrected chi connectivity index (χ4v) is 2.57. The van der Waals surface area contributed by atoms with Crippen molar-refractivity contribution in [3.05, 3.63) is 35.4 Å². The Hall–Kier alpha value is -0.570. The smallest absolute Gasteiger partial charge is 0.0233 e. The second kappa shape index (κ2) is 6.55. The Bertz CT molecular complexity index is 363. The lowest BCUT2D eigenvalue weighted by Crippen LogP contribution is -2.31. The summed E-state index contributed by atoms with van der Waals surface area (Å²) < 4.78 is 0. The summed E-state index contributed by atoms with van der Waals surface area (Å²) in [6.45, 7) is 8.69. The summed E-state index contributed by atoms with van der Waals surface area (Å²) in [5, 5.41) is 0. The molecule has 1 aliphatic rings. The van der Waals surface area contributed by atoms with Gasteiger partial charge in [-0.3, -0.25) is 4.90 Å². The van der Waals surface area contributed by atoms with Gasteiger partial charge in [0, 0.05) is 13.1 Å². The van der Waals surface area contributed by atoms with E-state index in [1.54, 1.807) is 0 Å². The van der Waals surface area contributed by atoms with Crippen LogP contribution >= 0.6 is 12.4 Å². The highest BCUT2D eigenvalue weighted by Gasteiger charge is 2.32. The van der Waals surface area contributed by atoms with Crippen molar-refractivity contribution in [3.63, 3.8) is 0 Å². The summed E-state index contributed by atoms with van der Waals surface area (Å²) in [6, 6.07) is 9.01. The molecule has 0 spiro atoms. The molecular formula is C15H25ClN2. The number of hydrogen-bond donors (Lipinski definition) is 1. The van der Waals surface area contributed by atoms with Crippen LogP contribution in [-0.4, -0.2) is 24.5 Å². The summed E-state index contributed by atoms with van der Waals surface area (Å²) in [5.74, 6) is 0. The van der Waals surface area contributed by atoms with Gasteiger partial charge in [0.25, 0.3) is 0 Å². The molecule has 1 atom stereocenters. The van der Waals surface area contributed by atoms with E-state index >= 15 is 0 Å². The lowest BCUT2D eigenvalue weighted by atomic mass is 9.90. The monoisotopic (exact) mass is 268 g/mol. The normalized spacial score (nSPS) is 23.9. The molecule has 1 saturated heterocycles. The van der Waals surface area contributed by atoms with Crippen molar-refractivity contribution >= 4 is 12.4 Å². The van der Waals surface area contributed by atoms with Crippen LogP contribution in [0.2, 0.25) is 0 Å². The van der Waals surface area contributed by atoms with Gasteiger partial charge in [-0.2, -0.15) is 0 Å². The molecule has 0 aliphatic carbocycles. The maximum absolute atomic E-state index is 5.83. The molecule has 1 heterocycles. The van der Waals surface area contributed by atoms with Gasteiger partial charge in [0.15, 0.2) is 0 Å². The third-order valence-corrected chi connectivity index (χ3v) is 3.97. The van der Waals surface area contributed by atoms with Gasteiger partial charge in [0.1, 0.15) is 0 Å². The maximum atomic E-state index is 5.83. The lowest BCUT2D eigenvalue weighted by molar-refractivity contribution is 0.274. The highest BCUT2D eigenvalue weighted by molar-refractivity contribution is 5.85. The molecule has 3 heteroatoms. The fraction of sp³-hybridized carbons (Fsp3) is 0.600. The SMILES string of the molecule is CCc1ccc(CN2CCC(C)(CN)C2)cc1.Cl. The third kappa shape index (κ3) is 3.71. The van der Waals surface area contributed by atoms with Crippen molar-refractivity contribution in [1.82, 2.24) is 4.90 Å². The van der Waals surface area contributed by atoms with Gasteiger partial charge in [-0.1, -0.05) is 38.1 Å². The minimum atomic E-state index is 0. The van der Waals surface area contributed by atoms with Crippen molar-refractivity contribution in [2.24, 2.45) is 11.1 Å². The first kappa shape index (κ1) is 15.5. The molecule has 18 heavy (non-hydrogen) atoms. The summed E-state index contributed by atoms with van der Waals surface area (Å²) in [6.07, 6.45) is 2.35. The average molecular weight is 269 g/mol. The molecule has 0 saturated carbocycles. The van der Waals surface area contributed by atoms with E-state index in [1.807, 2.05) is 0 Å². The Labute approximate surface area is 117 Å². The molecular weight excluding hydrogens is 244 g/mol. The van der Waals surface area contributed by atoms with Gasteiger partial charge in [-0.25, -0.2) is 0 Å². The number of hydrogen-bond acceptors (Lipinski definition) is 2. The summed E-state index contributed by atoms with van der Waals surface area (Å²) in [5.41, 5.74) is 9.01. The minimum absolute atomic E-state index is 0. The van der Waals surface area contributed by atoms with Gasteiger partial charge >= 0.3 is 0 Å². The number of nitrogens with zero attached hydrogens (tertiary/aromatic N) is 1. The molecule has 102 valence electrons. The first-order chi connectivity index (χ1) is 8.15. The number of halogens is 1. The van der Waals surface area contributed by atoms with Crippen molar-refractivity contribution in [2.45, 2.75) is 33.2 Å². The Balaban J connectivity index is 0.00000162. The van der Waals surface area contributed by atoms with Crippen LogP contribution in [0.4, 0.5) is 0 Å². The van der Waals surface area contributed by atoms with Gasteiger partial charge in [0.05, 0.1) is 0 Å². The highest BCUT2D eigenvalue weighted by Crippen LogP contribution is 2.29. The van der Waals surface area contributed by atoms with E-state index in [0.717, 1.165) is 26.1 Å². The molecule has 2 nitrogen and oxygen atoms in total. The van der Waals surface area contributed by atoms with E-state index in [1.165, 1.54) is 24.1 Å². The Kier molecular flexibility index (Phi) is 5.64.